The van der Waals surface area contributed by atoms with Crippen LogP contribution in [0.1, 0.15) is 34.6 Å². The minimum atomic E-state index is -3.26. The quantitative estimate of drug-likeness (QED) is 0.615. The number of carbonyl (C=O) groups is 1. The average molecular weight is 313 g/mol. The second kappa shape index (κ2) is 7.10. The molecule has 118 valence electrons. The van der Waals surface area contributed by atoms with E-state index in [4.69, 9.17) is 9.26 Å². The van der Waals surface area contributed by atoms with Crippen molar-refractivity contribution in [1.29, 1.82) is 0 Å². The van der Waals surface area contributed by atoms with Crippen LogP contribution >= 0.6 is 7.52 Å². The molecule has 0 aliphatic carbocycles. The lowest BCUT2D eigenvalue weighted by molar-refractivity contribution is -0.149. The van der Waals surface area contributed by atoms with Crippen LogP contribution in [0.3, 0.4) is 0 Å². The summed E-state index contributed by atoms with van der Waals surface area (Å²) in [7, 11) is -3.26. The summed E-state index contributed by atoms with van der Waals surface area (Å²) in [5.74, 6) is 0.0456. The number of hydrogen-bond acceptors (Lipinski definition) is 4. The summed E-state index contributed by atoms with van der Waals surface area (Å²) >= 11 is 0. The molecule has 1 aromatic carbocycles. The van der Waals surface area contributed by atoms with Crippen LogP contribution in [0.25, 0.3) is 0 Å². The fourth-order valence-corrected chi connectivity index (χ4v) is 3.46. The van der Waals surface area contributed by atoms with E-state index < -0.39 is 19.0 Å². The van der Waals surface area contributed by atoms with Gasteiger partial charge >= 0.3 is 13.5 Å². The largest absolute Gasteiger partial charge is 0.465 e. The molecular weight excluding hydrogens is 289 g/mol. The molecule has 0 saturated heterocycles. The van der Waals surface area contributed by atoms with Crippen molar-refractivity contribution >= 4 is 13.5 Å². The highest BCUT2D eigenvalue weighted by atomic mass is 31.2. The van der Waals surface area contributed by atoms with Gasteiger partial charge in [0.1, 0.15) is 11.3 Å². The zero-order chi connectivity index (χ0) is 16.1. The Labute approximate surface area is 126 Å². The summed E-state index contributed by atoms with van der Waals surface area (Å²) in [6.07, 6.45) is 0. The van der Waals surface area contributed by atoms with Crippen molar-refractivity contribution in [3.05, 3.63) is 30.3 Å². The Hall–Kier alpha value is -1.32. The van der Waals surface area contributed by atoms with Crippen molar-refractivity contribution in [3.63, 3.8) is 0 Å². The van der Waals surface area contributed by atoms with Gasteiger partial charge in [-0.25, -0.2) is 5.09 Å². The van der Waals surface area contributed by atoms with Crippen LogP contribution < -0.4 is 9.61 Å². The highest BCUT2D eigenvalue weighted by molar-refractivity contribution is 7.58. The van der Waals surface area contributed by atoms with E-state index >= 15 is 0 Å². The summed E-state index contributed by atoms with van der Waals surface area (Å²) in [6.45, 7) is 8.85. The topological polar surface area (TPSA) is 64.6 Å². The first kappa shape index (κ1) is 17.7. The van der Waals surface area contributed by atoms with Crippen LogP contribution in [0.4, 0.5) is 0 Å². The minimum absolute atomic E-state index is 0.273. The highest BCUT2D eigenvalue weighted by Gasteiger charge is 2.40. The van der Waals surface area contributed by atoms with Gasteiger partial charge in [0, 0.05) is 0 Å². The number of ether oxygens (including phenoxy) is 1. The maximum atomic E-state index is 13.1. The lowest BCUT2D eigenvalue weighted by Crippen LogP contribution is -2.47. The molecule has 0 aliphatic heterocycles. The van der Waals surface area contributed by atoms with E-state index in [1.807, 2.05) is 6.07 Å². The molecule has 21 heavy (non-hydrogen) atoms. The molecule has 1 rings (SSSR count). The Morgan fingerprint density at radius 2 is 1.86 bits per heavy atom. The number of benzene rings is 1. The predicted octanol–water partition coefficient (Wildman–Crippen LogP) is 3.60. The first-order valence-electron chi connectivity index (χ1n) is 7.02. The second-order valence-electron chi connectivity index (χ2n) is 5.55. The van der Waals surface area contributed by atoms with Gasteiger partial charge in [-0.1, -0.05) is 32.0 Å². The van der Waals surface area contributed by atoms with Crippen molar-refractivity contribution in [2.75, 3.05) is 6.61 Å². The van der Waals surface area contributed by atoms with Gasteiger partial charge < -0.3 is 9.26 Å². The monoisotopic (exact) mass is 313 g/mol. The van der Waals surface area contributed by atoms with Crippen molar-refractivity contribution < 1.29 is 18.6 Å². The predicted molar refractivity (Wildman–Crippen MR) is 83.7 cm³/mol. The van der Waals surface area contributed by atoms with Crippen molar-refractivity contribution in [3.8, 4) is 5.75 Å². The van der Waals surface area contributed by atoms with E-state index in [0.29, 0.717) is 5.75 Å². The van der Waals surface area contributed by atoms with Crippen LogP contribution in [0.15, 0.2) is 30.3 Å². The van der Waals surface area contributed by atoms with Gasteiger partial charge in [-0.3, -0.25) is 9.36 Å². The third kappa shape index (κ3) is 4.87. The normalized spacial score (nSPS) is 14.6. The molecule has 0 bridgehead atoms. The maximum absolute atomic E-state index is 13.1. The molecule has 0 amide bonds. The number of rotatable bonds is 7. The molecule has 1 atom stereocenters. The van der Waals surface area contributed by atoms with Gasteiger partial charge in [-0.05, 0) is 32.9 Å². The fourth-order valence-electron chi connectivity index (χ4n) is 1.64. The van der Waals surface area contributed by atoms with Crippen LogP contribution in [-0.2, 0) is 14.1 Å². The summed E-state index contributed by atoms with van der Waals surface area (Å²) in [5.41, 5.74) is -1.38. The summed E-state index contributed by atoms with van der Waals surface area (Å²) in [5, 5.41) is 2.86. The molecule has 0 spiro atoms. The Morgan fingerprint density at radius 1 is 1.29 bits per heavy atom. The Balaban J connectivity index is 2.96. The van der Waals surface area contributed by atoms with Gasteiger partial charge in [0.2, 0.25) is 0 Å². The Morgan fingerprint density at radius 3 is 2.33 bits per heavy atom. The molecule has 1 aromatic rings. The van der Waals surface area contributed by atoms with E-state index in [2.05, 4.69) is 5.09 Å². The van der Waals surface area contributed by atoms with Crippen LogP contribution in [0.2, 0.25) is 0 Å². The van der Waals surface area contributed by atoms with E-state index in [9.17, 15) is 9.36 Å². The van der Waals surface area contributed by atoms with Gasteiger partial charge in [0.15, 0.2) is 0 Å². The summed E-state index contributed by atoms with van der Waals surface area (Å²) in [6, 6.07) is 8.91. The SMILES string of the molecule is CCOC(=O)C(C)(C)NP(=O)(Oc1ccccc1)C(C)C. The summed E-state index contributed by atoms with van der Waals surface area (Å²) in [4.78, 5) is 12.0. The molecule has 0 fully saturated rings. The number of para-hydroxylation sites is 1. The van der Waals surface area contributed by atoms with Crippen LogP contribution in [-0.4, -0.2) is 23.8 Å². The highest BCUT2D eigenvalue weighted by Crippen LogP contribution is 2.49. The molecule has 0 heterocycles. The number of carbonyl (C=O) groups excluding carboxylic acids is 1. The number of esters is 1. The molecule has 0 aromatic heterocycles. The third-order valence-electron chi connectivity index (χ3n) is 2.89. The third-order valence-corrected chi connectivity index (χ3v) is 5.60. The number of hydrogen-bond donors (Lipinski definition) is 1. The molecule has 0 radical (unpaired) electrons. The van der Waals surface area contributed by atoms with E-state index in [0.717, 1.165) is 0 Å². The standard InChI is InChI=1S/C15H24NO4P/c1-6-19-14(17)15(4,5)16-21(18,12(2)3)20-13-10-8-7-9-11-13/h7-12H,6H2,1-5H3,(H,16,18). The molecule has 0 saturated carbocycles. The molecule has 1 unspecified atom stereocenters. The lowest BCUT2D eigenvalue weighted by atomic mass is 10.1. The fraction of sp³-hybridized carbons (Fsp3) is 0.533. The zero-order valence-corrected chi connectivity index (χ0v) is 14.1. The van der Waals surface area contributed by atoms with Crippen molar-refractivity contribution in [2.24, 2.45) is 0 Å². The first-order valence-corrected chi connectivity index (χ1v) is 8.71. The summed E-state index contributed by atoms with van der Waals surface area (Å²) < 4.78 is 23.7. The smallest absolute Gasteiger partial charge is 0.326 e. The van der Waals surface area contributed by atoms with Gasteiger partial charge in [0.05, 0.1) is 12.3 Å². The van der Waals surface area contributed by atoms with Gasteiger partial charge in [0.25, 0.3) is 0 Å². The van der Waals surface area contributed by atoms with Crippen LogP contribution in [0.5, 0.6) is 5.75 Å². The first-order chi connectivity index (χ1) is 9.71. The van der Waals surface area contributed by atoms with Gasteiger partial charge in [-0.2, -0.15) is 0 Å². The second-order valence-corrected chi connectivity index (χ2v) is 8.19. The van der Waals surface area contributed by atoms with Crippen LogP contribution in [0, 0.1) is 0 Å². The minimum Gasteiger partial charge on any atom is -0.465 e. The molecule has 0 aliphatic rings. The Bertz CT molecular complexity index is 514. The molecule has 5 nitrogen and oxygen atoms in total. The Kier molecular flexibility index (Phi) is 5.99. The zero-order valence-electron chi connectivity index (χ0n) is 13.3. The molecule has 1 N–H and O–H groups in total. The van der Waals surface area contributed by atoms with E-state index in [-0.39, 0.29) is 12.3 Å². The van der Waals surface area contributed by atoms with Gasteiger partial charge in [-0.15, -0.1) is 0 Å². The van der Waals surface area contributed by atoms with E-state index in [1.54, 1.807) is 58.9 Å². The number of nitrogens with one attached hydrogen (secondary N) is 1. The molecular formula is C15H24NO4P. The van der Waals surface area contributed by atoms with Crippen molar-refractivity contribution in [2.45, 2.75) is 45.8 Å². The maximum Gasteiger partial charge on any atom is 0.326 e. The average Bonchev–Trinajstić information content (AvgIpc) is 2.39. The van der Waals surface area contributed by atoms with E-state index in [1.165, 1.54) is 0 Å². The lowest BCUT2D eigenvalue weighted by Gasteiger charge is -2.31. The molecule has 6 heteroatoms. The van der Waals surface area contributed by atoms with Crippen molar-refractivity contribution in [1.82, 2.24) is 5.09 Å².